The lowest BCUT2D eigenvalue weighted by atomic mass is 9.63. The van der Waals surface area contributed by atoms with Gasteiger partial charge in [0.25, 0.3) is 0 Å². The van der Waals surface area contributed by atoms with Gasteiger partial charge in [-0.1, -0.05) is 56.5 Å². The molecule has 2 saturated carbocycles. The van der Waals surface area contributed by atoms with Gasteiger partial charge >= 0.3 is 27.5 Å². The number of Topliss-reactive ketones (excluding diaryl/α,β-unsaturated/α-hetero) is 1. The number of alkyl halides is 5. The van der Waals surface area contributed by atoms with E-state index in [0.717, 1.165) is 31.4 Å². The van der Waals surface area contributed by atoms with E-state index in [4.69, 9.17) is 0 Å². The lowest BCUT2D eigenvalue weighted by molar-refractivity contribution is -0.180. The Morgan fingerprint density at radius 2 is 1.79 bits per heavy atom. The molecule has 1 N–H and O–H groups in total. The maximum absolute atomic E-state index is 14.8. The summed E-state index contributed by atoms with van der Waals surface area (Å²) in [7, 11) is -6.48. The summed E-state index contributed by atoms with van der Waals surface area (Å²) in [6.45, 7) is 1.93. The topological polar surface area (TPSA) is 89.5 Å². The minimum atomic E-state index is -6.48. The number of benzene rings is 1. The van der Waals surface area contributed by atoms with Gasteiger partial charge in [0.2, 0.25) is 11.9 Å². The second-order valence-electron chi connectivity index (χ2n) is 9.13. The van der Waals surface area contributed by atoms with Crippen LogP contribution >= 0.6 is 0 Å². The SMILES string of the molecule is CCC1CC2CCCC(NC(=O)C(F)(F)S(=O)(=O)OC(C(=O)c3ccccc3)C(F)(F)F)(C1)C2. The minimum Gasteiger partial charge on any atom is -0.344 e. The van der Waals surface area contributed by atoms with Gasteiger partial charge in [0.15, 0.2) is 0 Å². The fourth-order valence-corrected chi connectivity index (χ4v) is 5.92. The van der Waals surface area contributed by atoms with Crippen LogP contribution in [0.4, 0.5) is 22.0 Å². The summed E-state index contributed by atoms with van der Waals surface area (Å²) in [5.41, 5.74) is -1.64. The van der Waals surface area contributed by atoms with E-state index in [1.54, 1.807) is 0 Å². The number of amides is 1. The second kappa shape index (κ2) is 9.52. The number of rotatable bonds is 8. The van der Waals surface area contributed by atoms with E-state index in [0.29, 0.717) is 25.7 Å². The van der Waals surface area contributed by atoms with E-state index in [1.165, 1.54) is 18.2 Å². The number of fused-ring (bicyclic) bond motifs is 2. The molecule has 12 heteroatoms. The molecule has 4 atom stereocenters. The van der Waals surface area contributed by atoms with Gasteiger partial charge in [-0.05, 0) is 37.5 Å². The fourth-order valence-electron chi connectivity index (χ4n) is 5.07. The molecule has 0 spiro atoms. The Bertz CT molecular complexity index is 1010. The standard InChI is InChI=1S/C22H26F5NO5S/c1-2-14-11-15-7-6-10-20(12-14,13-15)28-19(30)22(26,27)34(31,32)33-18(21(23,24)25)17(29)16-8-4-3-5-9-16/h3-5,8-9,14-15,18H,2,6-7,10-13H2,1H3,(H,28,30). The van der Waals surface area contributed by atoms with Crippen LogP contribution in [0.1, 0.15) is 62.2 Å². The number of carbonyl (C=O) groups excluding carboxylic acids is 2. The highest BCUT2D eigenvalue weighted by molar-refractivity contribution is 7.88. The smallest absolute Gasteiger partial charge is 0.344 e. The molecule has 34 heavy (non-hydrogen) atoms. The van der Waals surface area contributed by atoms with Crippen molar-refractivity contribution in [1.29, 1.82) is 0 Å². The van der Waals surface area contributed by atoms with Gasteiger partial charge in [-0.2, -0.15) is 30.4 Å². The summed E-state index contributed by atoms with van der Waals surface area (Å²) in [5.74, 6) is -3.79. The van der Waals surface area contributed by atoms with Crippen LogP contribution in [0, 0.1) is 11.8 Å². The Labute approximate surface area is 194 Å². The van der Waals surface area contributed by atoms with Crippen LogP contribution in [-0.4, -0.2) is 43.2 Å². The molecule has 0 saturated heterocycles. The summed E-state index contributed by atoms with van der Waals surface area (Å²) in [6, 6.07) is 5.71. The molecule has 0 radical (unpaired) electrons. The number of ketones is 1. The van der Waals surface area contributed by atoms with Crippen LogP contribution in [-0.2, 0) is 19.1 Å². The Morgan fingerprint density at radius 3 is 2.38 bits per heavy atom. The zero-order valence-corrected chi connectivity index (χ0v) is 19.2. The highest BCUT2D eigenvalue weighted by atomic mass is 32.2. The van der Waals surface area contributed by atoms with Crippen molar-refractivity contribution in [2.45, 2.75) is 74.9 Å². The van der Waals surface area contributed by atoms with Gasteiger partial charge in [-0.3, -0.25) is 9.59 Å². The van der Waals surface area contributed by atoms with Crippen molar-refractivity contribution in [3.8, 4) is 0 Å². The molecule has 1 aromatic carbocycles. The van der Waals surface area contributed by atoms with Crippen molar-refractivity contribution in [1.82, 2.24) is 5.32 Å². The molecule has 1 amide bonds. The summed E-state index contributed by atoms with van der Waals surface area (Å²) < 4.78 is 98.0. The third-order valence-electron chi connectivity index (χ3n) is 6.64. The molecule has 0 aliphatic heterocycles. The number of halogens is 5. The van der Waals surface area contributed by atoms with Crippen molar-refractivity contribution in [3.05, 3.63) is 35.9 Å². The van der Waals surface area contributed by atoms with Crippen molar-refractivity contribution in [3.63, 3.8) is 0 Å². The Hall–Kier alpha value is -2.08. The number of hydrogen-bond donors (Lipinski definition) is 1. The van der Waals surface area contributed by atoms with Crippen LogP contribution < -0.4 is 5.32 Å². The predicted molar refractivity (Wildman–Crippen MR) is 111 cm³/mol. The molecule has 2 bridgehead atoms. The average Bonchev–Trinajstić information content (AvgIpc) is 2.76. The monoisotopic (exact) mass is 511 g/mol. The second-order valence-corrected chi connectivity index (χ2v) is 10.7. The van der Waals surface area contributed by atoms with Gasteiger partial charge in [0.1, 0.15) is 0 Å². The fraction of sp³-hybridized carbons (Fsp3) is 0.636. The first-order valence-electron chi connectivity index (χ1n) is 11.0. The molecule has 2 aliphatic carbocycles. The zero-order chi connectivity index (χ0) is 25.4. The van der Waals surface area contributed by atoms with Gasteiger partial charge < -0.3 is 5.32 Å². The highest BCUT2D eigenvalue weighted by Gasteiger charge is 2.60. The molecule has 0 heterocycles. The number of hydrogen-bond acceptors (Lipinski definition) is 5. The lowest BCUT2D eigenvalue weighted by Crippen LogP contribution is -2.60. The molecular weight excluding hydrogens is 485 g/mol. The molecule has 0 aromatic heterocycles. The largest absolute Gasteiger partial charge is 0.446 e. The molecule has 4 unspecified atom stereocenters. The van der Waals surface area contributed by atoms with Crippen molar-refractivity contribution >= 4 is 21.8 Å². The molecular formula is C22H26F5NO5S. The van der Waals surface area contributed by atoms with Crippen molar-refractivity contribution in [2.75, 3.05) is 0 Å². The lowest BCUT2D eigenvalue weighted by Gasteiger charge is -2.49. The predicted octanol–water partition coefficient (Wildman–Crippen LogP) is 4.60. The number of nitrogens with one attached hydrogen (secondary N) is 1. The van der Waals surface area contributed by atoms with E-state index in [-0.39, 0.29) is 11.8 Å². The Morgan fingerprint density at radius 1 is 1.15 bits per heavy atom. The molecule has 2 aliphatic rings. The van der Waals surface area contributed by atoms with Crippen LogP contribution in [0.25, 0.3) is 0 Å². The molecule has 3 rings (SSSR count). The van der Waals surface area contributed by atoms with E-state index in [9.17, 15) is 40.0 Å². The summed E-state index contributed by atoms with van der Waals surface area (Å²) in [6.07, 6.45) is -5.08. The zero-order valence-electron chi connectivity index (χ0n) is 18.4. The van der Waals surface area contributed by atoms with Crippen LogP contribution in [0.2, 0.25) is 0 Å². The van der Waals surface area contributed by atoms with E-state index in [2.05, 4.69) is 9.50 Å². The quantitative estimate of drug-likeness (QED) is 0.313. The van der Waals surface area contributed by atoms with Crippen molar-refractivity contribution < 1.29 is 44.1 Å². The first-order chi connectivity index (χ1) is 15.7. The van der Waals surface area contributed by atoms with Gasteiger partial charge in [0.05, 0.1) is 0 Å². The minimum absolute atomic E-state index is 0.152. The van der Waals surface area contributed by atoms with Crippen LogP contribution in [0.15, 0.2) is 30.3 Å². The van der Waals surface area contributed by atoms with Gasteiger partial charge in [0, 0.05) is 11.1 Å². The average molecular weight is 512 g/mol. The van der Waals surface area contributed by atoms with Crippen LogP contribution in [0.5, 0.6) is 0 Å². The third kappa shape index (κ3) is 5.42. The Balaban J connectivity index is 1.83. The summed E-state index contributed by atoms with van der Waals surface area (Å²) >= 11 is 0. The van der Waals surface area contributed by atoms with Crippen molar-refractivity contribution in [2.24, 2.45) is 11.8 Å². The summed E-state index contributed by atoms with van der Waals surface area (Å²) in [4.78, 5) is 24.7. The normalized spacial score (nSPS) is 26.5. The number of carbonyl (C=O) groups is 2. The third-order valence-corrected chi connectivity index (χ3v) is 7.90. The van der Waals surface area contributed by atoms with Crippen LogP contribution in [0.3, 0.4) is 0 Å². The van der Waals surface area contributed by atoms with E-state index in [1.807, 2.05) is 6.92 Å². The van der Waals surface area contributed by atoms with Gasteiger partial charge in [-0.15, -0.1) is 0 Å². The first-order valence-corrected chi connectivity index (χ1v) is 12.4. The highest BCUT2D eigenvalue weighted by Crippen LogP contribution is 2.46. The van der Waals surface area contributed by atoms with Gasteiger partial charge in [-0.25, -0.2) is 4.18 Å². The van der Waals surface area contributed by atoms with E-state index >= 15 is 0 Å². The molecule has 190 valence electrons. The van der Waals surface area contributed by atoms with E-state index < -0.39 is 50.4 Å². The Kier molecular flexibility index (Phi) is 7.43. The maximum atomic E-state index is 14.8. The molecule has 2 fully saturated rings. The first kappa shape index (κ1) is 26.5. The maximum Gasteiger partial charge on any atom is 0.446 e. The molecule has 1 aromatic rings. The summed E-state index contributed by atoms with van der Waals surface area (Å²) in [5, 5.41) is -3.21. The molecule has 6 nitrogen and oxygen atoms in total.